The highest BCUT2D eigenvalue weighted by Crippen LogP contribution is 2.27. The number of nitrogens with one attached hydrogen (secondary N) is 1. The second kappa shape index (κ2) is 10.0. The largest absolute Gasteiger partial charge is 0.449 e. The van der Waals surface area contributed by atoms with Crippen LogP contribution in [-0.2, 0) is 30.7 Å². The first-order valence-electron chi connectivity index (χ1n) is 10.0. The number of benzene rings is 2. The fraction of sp³-hybridized carbons (Fsp3) is 0.364. The highest BCUT2D eigenvalue weighted by atomic mass is 32.2. The summed E-state index contributed by atoms with van der Waals surface area (Å²) in [6.07, 6.45) is 0.777. The first kappa shape index (κ1) is 22.9. The van der Waals surface area contributed by atoms with E-state index in [1.54, 1.807) is 4.90 Å². The third kappa shape index (κ3) is 5.49. The molecule has 1 atom stereocenters. The van der Waals surface area contributed by atoms with Gasteiger partial charge < -0.3 is 14.4 Å². The van der Waals surface area contributed by atoms with Crippen molar-refractivity contribution in [2.45, 2.75) is 30.8 Å². The van der Waals surface area contributed by atoms with Crippen LogP contribution in [0.15, 0.2) is 53.4 Å². The van der Waals surface area contributed by atoms with Crippen LogP contribution in [0.25, 0.3) is 0 Å². The van der Waals surface area contributed by atoms with E-state index in [1.807, 2.05) is 24.3 Å². The third-order valence-corrected chi connectivity index (χ3v) is 6.48. The molecule has 1 unspecified atom stereocenters. The predicted molar refractivity (Wildman–Crippen MR) is 116 cm³/mol. The Morgan fingerprint density at radius 3 is 2.55 bits per heavy atom. The van der Waals surface area contributed by atoms with Gasteiger partial charge in [-0.3, -0.25) is 4.79 Å². The zero-order chi connectivity index (χ0) is 22.4. The number of aryl methyl sites for hydroxylation is 1. The average molecular weight is 447 g/mol. The van der Waals surface area contributed by atoms with Gasteiger partial charge in [0.05, 0.1) is 17.1 Å². The number of hydrogen-bond acceptors (Lipinski definition) is 6. The molecule has 1 heterocycles. The van der Waals surface area contributed by atoms with E-state index in [2.05, 4.69) is 4.72 Å². The van der Waals surface area contributed by atoms with Gasteiger partial charge in [0.25, 0.3) is 5.91 Å². The van der Waals surface area contributed by atoms with Gasteiger partial charge in [0.1, 0.15) is 0 Å². The fourth-order valence-electron chi connectivity index (χ4n) is 3.39. The molecule has 1 N–H and O–H groups in total. The van der Waals surface area contributed by atoms with Crippen LogP contribution in [0, 0.1) is 0 Å². The maximum absolute atomic E-state index is 12.9. The molecule has 166 valence electrons. The number of ether oxygens (including phenoxy) is 2. The van der Waals surface area contributed by atoms with Gasteiger partial charge >= 0.3 is 5.97 Å². The minimum atomic E-state index is -3.70. The Kier molecular flexibility index (Phi) is 7.42. The van der Waals surface area contributed by atoms with Crippen LogP contribution in [0.2, 0.25) is 0 Å². The van der Waals surface area contributed by atoms with E-state index in [4.69, 9.17) is 9.47 Å². The maximum atomic E-state index is 12.9. The number of carbonyl (C=O) groups is 2. The smallest absolute Gasteiger partial charge is 0.338 e. The van der Waals surface area contributed by atoms with Crippen molar-refractivity contribution in [3.63, 3.8) is 0 Å². The Balaban J connectivity index is 1.64. The number of esters is 1. The van der Waals surface area contributed by atoms with Crippen molar-refractivity contribution in [3.8, 4) is 0 Å². The van der Waals surface area contributed by atoms with Gasteiger partial charge in [0, 0.05) is 25.9 Å². The molecular weight excluding hydrogens is 420 g/mol. The normalized spacial score (nSPS) is 14.6. The molecule has 0 bridgehead atoms. The number of fused-ring (bicyclic) bond motifs is 1. The molecule has 3 rings (SSSR count). The minimum Gasteiger partial charge on any atom is -0.449 e. The quantitative estimate of drug-likeness (QED) is 0.492. The summed E-state index contributed by atoms with van der Waals surface area (Å²) in [4.78, 5) is 27.0. The van der Waals surface area contributed by atoms with Crippen molar-refractivity contribution in [1.29, 1.82) is 0 Å². The number of rotatable bonds is 8. The van der Waals surface area contributed by atoms with Crippen LogP contribution >= 0.6 is 0 Å². The summed E-state index contributed by atoms with van der Waals surface area (Å²) in [6, 6.07) is 13.1. The molecule has 1 aliphatic rings. The summed E-state index contributed by atoms with van der Waals surface area (Å²) in [5.74, 6) is -0.982. The number of anilines is 1. The van der Waals surface area contributed by atoms with Gasteiger partial charge in [-0.25, -0.2) is 17.9 Å². The molecule has 1 aliphatic heterocycles. The first-order valence-corrected chi connectivity index (χ1v) is 11.5. The van der Waals surface area contributed by atoms with Gasteiger partial charge in [-0.15, -0.1) is 0 Å². The molecule has 0 aromatic heterocycles. The van der Waals surface area contributed by atoms with Gasteiger partial charge in [0.2, 0.25) is 10.0 Å². The summed E-state index contributed by atoms with van der Waals surface area (Å²) >= 11 is 0. The molecule has 0 spiro atoms. The van der Waals surface area contributed by atoms with Crippen molar-refractivity contribution in [2.24, 2.45) is 0 Å². The van der Waals surface area contributed by atoms with Crippen LogP contribution < -0.4 is 9.62 Å². The molecule has 0 aliphatic carbocycles. The minimum absolute atomic E-state index is 0.0224. The Morgan fingerprint density at radius 1 is 1.13 bits per heavy atom. The van der Waals surface area contributed by atoms with Gasteiger partial charge in [0.15, 0.2) is 6.10 Å². The van der Waals surface area contributed by atoms with Crippen LogP contribution in [0.5, 0.6) is 0 Å². The molecule has 9 heteroatoms. The second-order valence-electron chi connectivity index (χ2n) is 7.18. The molecule has 31 heavy (non-hydrogen) atoms. The number of carbonyl (C=O) groups excluding carboxylic acids is 2. The molecule has 0 radical (unpaired) electrons. The zero-order valence-electron chi connectivity index (χ0n) is 17.5. The lowest BCUT2D eigenvalue weighted by Gasteiger charge is -2.31. The molecule has 0 saturated heterocycles. The van der Waals surface area contributed by atoms with E-state index < -0.39 is 22.1 Å². The molecule has 0 fully saturated rings. The Labute approximate surface area is 182 Å². The molecule has 8 nitrogen and oxygen atoms in total. The predicted octanol–water partition coefficient (Wildman–Crippen LogP) is 2.14. The van der Waals surface area contributed by atoms with Crippen LogP contribution in [0.1, 0.15) is 29.3 Å². The highest BCUT2D eigenvalue weighted by molar-refractivity contribution is 7.89. The van der Waals surface area contributed by atoms with Gasteiger partial charge in [-0.1, -0.05) is 18.2 Å². The number of amides is 1. The van der Waals surface area contributed by atoms with Gasteiger partial charge in [-0.05, 0) is 55.7 Å². The van der Waals surface area contributed by atoms with Crippen LogP contribution in [-0.4, -0.2) is 53.2 Å². The van der Waals surface area contributed by atoms with Crippen molar-refractivity contribution in [1.82, 2.24) is 4.72 Å². The molecular formula is C22H26N2O6S. The molecule has 1 amide bonds. The average Bonchev–Trinajstić information content (AvgIpc) is 2.78. The number of hydrogen-bond donors (Lipinski definition) is 1. The van der Waals surface area contributed by atoms with E-state index in [1.165, 1.54) is 38.3 Å². The molecule has 2 aromatic carbocycles. The summed E-state index contributed by atoms with van der Waals surface area (Å²) < 4.78 is 37.0. The van der Waals surface area contributed by atoms with E-state index in [0.717, 1.165) is 24.1 Å². The molecule has 2 aromatic rings. The van der Waals surface area contributed by atoms with Crippen LogP contribution in [0.3, 0.4) is 0 Å². The number of sulfonamides is 1. The Bertz CT molecular complexity index is 1040. The van der Waals surface area contributed by atoms with E-state index in [0.29, 0.717) is 6.54 Å². The Morgan fingerprint density at radius 2 is 1.84 bits per heavy atom. The number of methoxy groups -OCH3 is 1. The Hall–Kier alpha value is -2.75. The summed E-state index contributed by atoms with van der Waals surface area (Å²) in [7, 11) is -2.22. The summed E-state index contributed by atoms with van der Waals surface area (Å²) in [5.41, 5.74) is 2.10. The van der Waals surface area contributed by atoms with Crippen molar-refractivity contribution in [2.75, 3.05) is 31.7 Å². The standard InChI is InChI=1S/C22H26N2O6S/c1-16(21(25)24-14-5-7-17-6-3-4-8-20(17)24)30-22(26)18-9-11-19(12-10-18)31(27,28)23-13-15-29-2/h3-4,6,8-12,16,23H,5,7,13-15H2,1-2H3. The summed E-state index contributed by atoms with van der Waals surface area (Å²) in [5, 5.41) is 0. The van der Waals surface area contributed by atoms with Gasteiger partial charge in [-0.2, -0.15) is 0 Å². The maximum Gasteiger partial charge on any atom is 0.338 e. The topological polar surface area (TPSA) is 102 Å². The highest BCUT2D eigenvalue weighted by Gasteiger charge is 2.28. The van der Waals surface area contributed by atoms with Crippen molar-refractivity contribution < 1.29 is 27.5 Å². The van der Waals surface area contributed by atoms with Crippen molar-refractivity contribution in [3.05, 3.63) is 59.7 Å². The lowest BCUT2D eigenvalue weighted by Crippen LogP contribution is -2.42. The zero-order valence-corrected chi connectivity index (χ0v) is 18.4. The van der Waals surface area contributed by atoms with E-state index in [-0.39, 0.29) is 29.5 Å². The third-order valence-electron chi connectivity index (χ3n) is 5.01. The van der Waals surface area contributed by atoms with Crippen LogP contribution in [0.4, 0.5) is 5.69 Å². The number of para-hydroxylation sites is 1. The first-order chi connectivity index (χ1) is 14.8. The monoisotopic (exact) mass is 446 g/mol. The lowest BCUT2D eigenvalue weighted by molar-refractivity contribution is -0.126. The summed E-state index contributed by atoms with van der Waals surface area (Å²) in [6.45, 7) is 2.50. The van der Waals surface area contributed by atoms with E-state index in [9.17, 15) is 18.0 Å². The molecule has 0 saturated carbocycles. The second-order valence-corrected chi connectivity index (χ2v) is 8.95. The van der Waals surface area contributed by atoms with E-state index >= 15 is 0 Å². The fourth-order valence-corrected chi connectivity index (χ4v) is 4.41. The van der Waals surface area contributed by atoms with Crippen molar-refractivity contribution >= 4 is 27.6 Å². The number of nitrogens with zero attached hydrogens (tertiary/aromatic N) is 1. The SMILES string of the molecule is COCCNS(=O)(=O)c1ccc(C(=O)OC(C)C(=O)N2CCCc3ccccc32)cc1. The lowest BCUT2D eigenvalue weighted by atomic mass is 10.0.